The highest BCUT2D eigenvalue weighted by molar-refractivity contribution is 6.48. The molecule has 0 unspecified atom stereocenters. The lowest BCUT2D eigenvalue weighted by Crippen LogP contribution is -2.40. The van der Waals surface area contributed by atoms with E-state index >= 15 is 0 Å². The van der Waals surface area contributed by atoms with Crippen molar-refractivity contribution in [3.05, 3.63) is 0 Å². The van der Waals surface area contributed by atoms with Gasteiger partial charge in [-0.15, -0.1) is 6.42 Å². The van der Waals surface area contributed by atoms with Crippen LogP contribution in [0, 0.1) is 12.3 Å². The molecule has 68 valence electrons. The van der Waals surface area contributed by atoms with Crippen LogP contribution in [0.2, 0.25) is 13.1 Å². The van der Waals surface area contributed by atoms with E-state index in [-0.39, 0.29) is 6.92 Å². The molecule has 0 aromatic rings. The van der Waals surface area contributed by atoms with Gasteiger partial charge in [0, 0.05) is 0 Å². The lowest BCUT2D eigenvalue weighted by atomic mass is 9.67. The van der Waals surface area contributed by atoms with Crippen molar-refractivity contribution in [1.29, 1.82) is 0 Å². The van der Waals surface area contributed by atoms with E-state index in [0.717, 1.165) is 30.3 Å². The van der Waals surface area contributed by atoms with Crippen molar-refractivity contribution in [2.24, 2.45) is 0 Å². The van der Waals surface area contributed by atoms with E-state index in [4.69, 9.17) is 11.4 Å². The number of hydrogen-bond donors (Lipinski definition) is 1. The summed E-state index contributed by atoms with van der Waals surface area (Å²) in [7, 11) is 4.23. The zero-order valence-corrected chi connectivity index (χ0v) is 8.38. The normalized spacial score (nSPS) is 10.9. The molecule has 0 aliphatic rings. The van der Waals surface area contributed by atoms with E-state index in [1.165, 1.54) is 0 Å². The topological polar surface area (TPSA) is 20.2 Å². The van der Waals surface area contributed by atoms with Gasteiger partial charge in [-0.25, -0.2) is 0 Å². The number of nitrogens with zero attached hydrogens (tertiary/aromatic N) is 1. The van der Waals surface area contributed by atoms with E-state index in [1.54, 1.807) is 0 Å². The largest absolute Gasteiger partial charge is 0.451 e. The van der Waals surface area contributed by atoms with E-state index in [0.29, 0.717) is 0 Å². The Hall–Kier alpha value is -0.455. The van der Waals surface area contributed by atoms with Gasteiger partial charge in [-0.2, -0.15) is 0 Å². The summed E-state index contributed by atoms with van der Waals surface area (Å²) in [5.74, 6) is 2.66. The van der Waals surface area contributed by atoms with Crippen LogP contribution in [0.3, 0.4) is 0 Å². The molecule has 0 amide bonds. The molecule has 0 aromatic heterocycles. The van der Waals surface area contributed by atoms with Crippen LogP contribution in [-0.2, 0) is 0 Å². The summed E-state index contributed by atoms with van der Waals surface area (Å²) >= 11 is 0. The fourth-order valence-corrected chi connectivity index (χ4v) is 1.14. The molecule has 3 heteroatoms. The van der Waals surface area contributed by atoms with E-state index in [1.807, 2.05) is 6.82 Å². The molecule has 0 heterocycles. The maximum atomic E-state index is 9.03. The fourth-order valence-electron chi connectivity index (χ4n) is 1.14. The van der Waals surface area contributed by atoms with E-state index < -0.39 is 0 Å². The smallest absolute Gasteiger partial charge is 0.286 e. The summed E-state index contributed by atoms with van der Waals surface area (Å²) in [4.78, 5) is 0. The van der Waals surface area contributed by atoms with Gasteiger partial charge in [-0.1, -0.05) is 6.82 Å². The maximum absolute atomic E-state index is 9.03. The Bertz CT molecular complexity index is 160. The van der Waals surface area contributed by atoms with Gasteiger partial charge in [0.25, 0.3) is 6.92 Å². The van der Waals surface area contributed by atoms with Gasteiger partial charge in [0.15, 0.2) is 0 Å². The van der Waals surface area contributed by atoms with Crippen LogP contribution in [-0.4, -0.2) is 43.6 Å². The average Bonchev–Trinajstić information content (AvgIpc) is 1.85. The minimum Gasteiger partial charge on any atom is -0.451 e. The van der Waals surface area contributed by atoms with Crippen LogP contribution in [0.25, 0.3) is 0 Å². The van der Waals surface area contributed by atoms with Gasteiger partial charge in [0.1, 0.15) is 6.54 Å². The molecular formula is C9H19BNO+. The summed E-state index contributed by atoms with van der Waals surface area (Å²) in [5.41, 5.74) is 0. The first kappa shape index (κ1) is 11.5. The lowest BCUT2D eigenvalue weighted by Gasteiger charge is -2.27. The molecule has 0 aliphatic heterocycles. The molecular weight excluding hydrogens is 149 g/mol. The first-order chi connectivity index (χ1) is 5.48. The van der Waals surface area contributed by atoms with Gasteiger partial charge < -0.3 is 9.51 Å². The Morgan fingerprint density at radius 2 is 2.08 bits per heavy atom. The minimum atomic E-state index is -0.184. The summed E-state index contributed by atoms with van der Waals surface area (Å²) in [6, 6.07) is 0. The fraction of sp³-hybridized carbons (Fsp3) is 0.778. The predicted octanol–water partition coefficient (Wildman–Crippen LogP) is 0.700. The lowest BCUT2D eigenvalue weighted by molar-refractivity contribution is -0.883. The first-order valence-corrected chi connectivity index (χ1v) is 4.41. The second-order valence-electron chi connectivity index (χ2n) is 4.01. The average molecular weight is 168 g/mol. The molecule has 0 aromatic carbocycles. The molecule has 0 bridgehead atoms. The second-order valence-corrected chi connectivity index (χ2v) is 4.01. The second kappa shape index (κ2) is 5.24. The third kappa shape index (κ3) is 6.27. The summed E-state index contributed by atoms with van der Waals surface area (Å²) in [5, 5.41) is 9.03. The van der Waals surface area contributed by atoms with Crippen molar-refractivity contribution in [2.75, 3.05) is 27.2 Å². The van der Waals surface area contributed by atoms with Gasteiger partial charge in [-0.3, -0.25) is 0 Å². The third-order valence-electron chi connectivity index (χ3n) is 1.90. The molecule has 0 atom stereocenters. The van der Waals surface area contributed by atoms with Crippen LogP contribution in [0.4, 0.5) is 0 Å². The Labute approximate surface area is 76.3 Å². The zero-order valence-electron chi connectivity index (χ0n) is 8.38. The molecule has 1 N–H and O–H groups in total. The molecule has 0 aliphatic carbocycles. The molecule has 0 radical (unpaired) electrons. The van der Waals surface area contributed by atoms with Crippen molar-refractivity contribution in [3.8, 4) is 12.3 Å². The van der Waals surface area contributed by atoms with Gasteiger partial charge in [0.2, 0.25) is 0 Å². The van der Waals surface area contributed by atoms with Crippen LogP contribution in [0.1, 0.15) is 6.42 Å². The Morgan fingerprint density at radius 3 is 2.50 bits per heavy atom. The standard InChI is InChI=1S/C9H19BNO/c1-5-8-11(3,4)9-6-7-10(2)12/h1,12H,6-9H2,2-4H3/q+1. The van der Waals surface area contributed by atoms with Crippen LogP contribution < -0.4 is 0 Å². The molecule has 0 spiro atoms. The Morgan fingerprint density at radius 1 is 1.50 bits per heavy atom. The molecule has 0 saturated heterocycles. The minimum absolute atomic E-state index is 0.184. The monoisotopic (exact) mass is 168 g/mol. The van der Waals surface area contributed by atoms with Gasteiger partial charge in [-0.05, 0) is 18.7 Å². The first-order valence-electron chi connectivity index (χ1n) is 4.41. The van der Waals surface area contributed by atoms with Gasteiger partial charge >= 0.3 is 0 Å². The quantitative estimate of drug-likeness (QED) is 0.364. The third-order valence-corrected chi connectivity index (χ3v) is 1.90. The molecule has 0 fully saturated rings. The van der Waals surface area contributed by atoms with Crippen LogP contribution >= 0.6 is 0 Å². The van der Waals surface area contributed by atoms with E-state index in [9.17, 15) is 0 Å². The summed E-state index contributed by atoms with van der Waals surface area (Å²) in [6.07, 6.45) is 7.13. The van der Waals surface area contributed by atoms with Crippen molar-refractivity contribution >= 4 is 6.92 Å². The zero-order chi connectivity index (χ0) is 9.61. The number of hydrogen-bond acceptors (Lipinski definition) is 1. The predicted molar refractivity (Wildman–Crippen MR) is 53.9 cm³/mol. The number of quaternary nitrogens is 1. The Balaban J connectivity index is 3.55. The highest BCUT2D eigenvalue weighted by Gasteiger charge is 2.13. The van der Waals surface area contributed by atoms with Crippen molar-refractivity contribution in [2.45, 2.75) is 19.6 Å². The van der Waals surface area contributed by atoms with Crippen molar-refractivity contribution in [3.63, 3.8) is 0 Å². The summed E-state index contributed by atoms with van der Waals surface area (Å²) in [6.45, 7) is 3.44. The van der Waals surface area contributed by atoms with Crippen LogP contribution in [0.15, 0.2) is 0 Å². The van der Waals surface area contributed by atoms with Gasteiger partial charge in [0.05, 0.1) is 20.6 Å². The molecule has 2 nitrogen and oxygen atoms in total. The highest BCUT2D eigenvalue weighted by Crippen LogP contribution is 2.02. The van der Waals surface area contributed by atoms with Crippen LogP contribution in [0.5, 0.6) is 0 Å². The molecule has 0 saturated carbocycles. The highest BCUT2D eigenvalue weighted by atomic mass is 16.2. The molecule has 12 heavy (non-hydrogen) atoms. The number of rotatable bonds is 5. The maximum Gasteiger partial charge on any atom is 0.286 e. The van der Waals surface area contributed by atoms with E-state index in [2.05, 4.69) is 20.0 Å². The van der Waals surface area contributed by atoms with Crippen molar-refractivity contribution in [1.82, 2.24) is 0 Å². The van der Waals surface area contributed by atoms with Crippen molar-refractivity contribution < 1.29 is 9.51 Å². The number of terminal acetylenes is 1. The Kier molecular flexibility index (Phi) is 5.04. The SMILES string of the molecule is C#CC[N+](C)(C)CCCB(C)O. The summed E-state index contributed by atoms with van der Waals surface area (Å²) < 4.78 is 0.850. The molecule has 0 rings (SSSR count).